The van der Waals surface area contributed by atoms with Crippen LogP contribution >= 0.6 is 0 Å². The van der Waals surface area contributed by atoms with Gasteiger partial charge in [0.05, 0.1) is 18.3 Å². The number of aliphatic hydroxyl groups is 1. The van der Waals surface area contributed by atoms with Gasteiger partial charge in [0.15, 0.2) is 17.2 Å². The largest absolute Gasteiger partial charge is 0.390 e. The Morgan fingerprint density at radius 1 is 1.19 bits per heavy atom. The number of nitrogens with one attached hydrogen (secondary N) is 2. The molecule has 0 fully saturated rings. The van der Waals surface area contributed by atoms with E-state index in [0.29, 0.717) is 11.1 Å². The van der Waals surface area contributed by atoms with Crippen molar-refractivity contribution in [1.82, 2.24) is 25.2 Å². The van der Waals surface area contributed by atoms with Gasteiger partial charge in [-0.2, -0.15) is 15.4 Å². The van der Waals surface area contributed by atoms with Crippen molar-refractivity contribution in [2.75, 3.05) is 0 Å². The number of nitrogens with zero attached hydrogens (tertiary/aromatic N) is 5. The minimum absolute atomic E-state index is 0.0887. The molecule has 2 atom stereocenters. The number of benzene rings is 2. The van der Waals surface area contributed by atoms with Gasteiger partial charge in [0.1, 0.15) is 17.2 Å². The Morgan fingerprint density at radius 3 is 2.74 bits per heavy atom. The van der Waals surface area contributed by atoms with Gasteiger partial charge >= 0.3 is 0 Å². The highest BCUT2D eigenvalue weighted by Gasteiger charge is 2.33. The molecule has 5 N–H and O–H groups in total. The van der Waals surface area contributed by atoms with Gasteiger partial charge in [-0.05, 0) is 35.2 Å². The molecular formula is C29H25FN8O4. The first-order valence-corrected chi connectivity index (χ1v) is 12.9. The molecule has 0 unspecified atom stereocenters. The summed E-state index contributed by atoms with van der Waals surface area (Å²) in [5, 5.41) is 28.7. The summed E-state index contributed by atoms with van der Waals surface area (Å²) >= 11 is 0. The minimum Gasteiger partial charge on any atom is -0.390 e. The number of aliphatic imine (C=N–C) groups is 1. The predicted molar refractivity (Wildman–Crippen MR) is 148 cm³/mol. The molecule has 2 amide bonds. The molecule has 2 heterocycles. The van der Waals surface area contributed by atoms with E-state index in [2.05, 4.69) is 25.7 Å². The van der Waals surface area contributed by atoms with E-state index in [-0.39, 0.29) is 48.0 Å². The zero-order valence-corrected chi connectivity index (χ0v) is 22.3. The lowest BCUT2D eigenvalue weighted by Gasteiger charge is -2.18. The Balaban J connectivity index is 1.37. The quantitative estimate of drug-likeness (QED) is 0.107. The van der Waals surface area contributed by atoms with Crippen molar-refractivity contribution in [1.29, 1.82) is 5.26 Å². The normalized spacial score (nSPS) is 16.1. The summed E-state index contributed by atoms with van der Waals surface area (Å²) in [5.41, 5.74) is 8.39. The van der Waals surface area contributed by atoms with Crippen molar-refractivity contribution in [3.05, 3.63) is 99.8 Å². The topological polar surface area (TPSA) is 188 Å². The van der Waals surface area contributed by atoms with Gasteiger partial charge in [-0.15, -0.1) is 0 Å². The van der Waals surface area contributed by atoms with Crippen molar-refractivity contribution in [3.8, 4) is 6.19 Å². The molecule has 13 heteroatoms. The van der Waals surface area contributed by atoms with Gasteiger partial charge in [-0.25, -0.2) is 13.9 Å². The molecule has 1 aliphatic rings. The van der Waals surface area contributed by atoms with E-state index in [0.717, 1.165) is 27.4 Å². The average Bonchev–Trinajstić information content (AvgIpc) is 3.49. The Labute approximate surface area is 238 Å². The number of carbonyl (C=O) groups is 3. The first-order chi connectivity index (χ1) is 20.1. The van der Waals surface area contributed by atoms with Crippen LogP contribution in [0.2, 0.25) is 0 Å². The van der Waals surface area contributed by atoms with Gasteiger partial charge < -0.3 is 21.5 Å². The molecule has 0 saturated carbocycles. The molecule has 0 spiro atoms. The Hall–Kier alpha value is -5.48. The Kier molecular flexibility index (Phi) is 7.72. The monoisotopic (exact) mass is 568 g/mol. The van der Waals surface area contributed by atoms with Gasteiger partial charge in [-0.1, -0.05) is 36.4 Å². The zero-order valence-electron chi connectivity index (χ0n) is 22.3. The summed E-state index contributed by atoms with van der Waals surface area (Å²) < 4.78 is 15.5. The molecule has 2 aromatic carbocycles. The van der Waals surface area contributed by atoms with Crippen molar-refractivity contribution in [2.24, 2.45) is 10.7 Å². The first-order valence-electron chi connectivity index (χ1n) is 12.9. The number of hydrogen-bond acceptors (Lipinski definition) is 8. The predicted octanol–water partition coefficient (Wildman–Crippen LogP) is 1.77. The molecule has 2 aromatic heterocycles. The molecule has 0 bridgehead atoms. The smallest absolute Gasteiger partial charge is 0.270 e. The van der Waals surface area contributed by atoms with E-state index in [1.165, 1.54) is 13.0 Å². The fourth-order valence-corrected chi connectivity index (χ4v) is 4.89. The number of Topliss-reactive ketones (excluding diaryl/α,β-unsaturated/α-hetero) is 1. The van der Waals surface area contributed by atoms with Crippen molar-refractivity contribution >= 4 is 29.1 Å². The van der Waals surface area contributed by atoms with Gasteiger partial charge in [0.2, 0.25) is 6.19 Å². The number of hydrogen-bond donors (Lipinski definition) is 4. The molecule has 1 aliphatic carbocycles. The number of nitriles is 1. The number of aliphatic hydroxyl groups excluding tert-OH is 1. The number of amides is 2. The van der Waals surface area contributed by atoms with Crippen LogP contribution in [0.1, 0.15) is 66.6 Å². The standard InChI is InChI=1S/C29H25FN8O4/c1-15(39)18-5-6-20-19(9-18)10-24(40)26(20)37-29(42)23-11-22(36-27-21(30)13-35-38(23)27)28(41)33-12-17-4-2-3-16(7-17)8-25(32)34-14-31/h2-7,9,11,13,24,26,40H,8,10,12H2,1H3,(H2,32,34)(H,33,41)(H,37,42)/t24-,26+/m0/s1. The summed E-state index contributed by atoms with van der Waals surface area (Å²) in [5.74, 6) is -2.17. The first kappa shape index (κ1) is 28.1. The number of carbonyl (C=O) groups excluding carboxylic acids is 3. The molecule has 0 saturated heterocycles. The maximum Gasteiger partial charge on any atom is 0.270 e. The number of nitrogens with two attached hydrogens (primary N) is 1. The van der Waals surface area contributed by atoms with E-state index in [9.17, 15) is 23.9 Å². The highest BCUT2D eigenvalue weighted by molar-refractivity contribution is 5.98. The summed E-state index contributed by atoms with van der Waals surface area (Å²) in [4.78, 5) is 45.8. The van der Waals surface area contributed by atoms with Crippen LogP contribution in [0.5, 0.6) is 0 Å². The van der Waals surface area contributed by atoms with Crippen LogP contribution in [-0.2, 0) is 19.4 Å². The molecule has 5 rings (SSSR count). The molecule has 212 valence electrons. The van der Waals surface area contributed by atoms with Gasteiger partial charge in [-0.3, -0.25) is 14.4 Å². The van der Waals surface area contributed by atoms with E-state index in [1.54, 1.807) is 48.7 Å². The van der Waals surface area contributed by atoms with Gasteiger partial charge in [0, 0.05) is 31.0 Å². The fraction of sp³-hybridized carbons (Fsp3) is 0.207. The zero-order chi connectivity index (χ0) is 30.0. The van der Waals surface area contributed by atoms with Crippen LogP contribution in [0, 0.1) is 17.3 Å². The second kappa shape index (κ2) is 11.6. The van der Waals surface area contributed by atoms with E-state index in [4.69, 9.17) is 11.0 Å². The molecule has 42 heavy (non-hydrogen) atoms. The molecular weight excluding hydrogens is 543 g/mol. The van der Waals surface area contributed by atoms with Crippen LogP contribution in [0.3, 0.4) is 0 Å². The number of halogens is 1. The maximum atomic E-state index is 14.5. The van der Waals surface area contributed by atoms with Crippen molar-refractivity contribution < 1.29 is 23.9 Å². The van der Waals surface area contributed by atoms with Crippen LogP contribution < -0.4 is 16.4 Å². The summed E-state index contributed by atoms with van der Waals surface area (Å²) in [6, 6.07) is 12.5. The van der Waals surface area contributed by atoms with Crippen LogP contribution in [0.15, 0.2) is 59.7 Å². The fourth-order valence-electron chi connectivity index (χ4n) is 4.89. The van der Waals surface area contributed by atoms with E-state index >= 15 is 0 Å². The minimum atomic E-state index is -0.960. The maximum absolute atomic E-state index is 14.5. The van der Waals surface area contributed by atoms with Crippen molar-refractivity contribution in [3.63, 3.8) is 0 Å². The third-order valence-electron chi connectivity index (χ3n) is 6.90. The highest BCUT2D eigenvalue weighted by Crippen LogP contribution is 2.32. The lowest BCUT2D eigenvalue weighted by molar-refractivity contribution is 0.0850. The lowest BCUT2D eigenvalue weighted by atomic mass is 10.0. The number of aromatic nitrogens is 3. The number of fused-ring (bicyclic) bond motifs is 2. The van der Waals surface area contributed by atoms with Crippen LogP contribution in [0.25, 0.3) is 5.65 Å². The SMILES string of the molecule is CC(=O)c1ccc2c(c1)C[C@H](O)[C@@H]2NC(=O)c1cc(C(=O)NCc2cccc(CC(N)=NC#N)c2)nc2c(F)cnn12. The molecule has 4 aromatic rings. The summed E-state index contributed by atoms with van der Waals surface area (Å²) in [6.07, 6.45) is 2.05. The third kappa shape index (κ3) is 5.70. The number of rotatable bonds is 8. The van der Waals surface area contributed by atoms with E-state index in [1.807, 2.05) is 0 Å². The third-order valence-corrected chi connectivity index (χ3v) is 6.90. The van der Waals surface area contributed by atoms with Crippen molar-refractivity contribution in [2.45, 2.75) is 38.5 Å². The molecule has 12 nitrogen and oxygen atoms in total. The number of ketones is 1. The second-order valence-electron chi connectivity index (χ2n) is 9.83. The average molecular weight is 569 g/mol. The van der Waals surface area contributed by atoms with E-state index < -0.39 is 29.8 Å². The Morgan fingerprint density at radius 2 is 1.98 bits per heavy atom. The second-order valence-corrected chi connectivity index (χ2v) is 9.83. The Bertz CT molecular complexity index is 1810. The summed E-state index contributed by atoms with van der Waals surface area (Å²) in [6.45, 7) is 1.53. The molecule has 0 radical (unpaired) electrons. The highest BCUT2D eigenvalue weighted by atomic mass is 19.1. The van der Waals surface area contributed by atoms with Crippen LogP contribution in [0.4, 0.5) is 4.39 Å². The van der Waals surface area contributed by atoms with Crippen LogP contribution in [-0.4, -0.2) is 49.2 Å². The van der Waals surface area contributed by atoms with Gasteiger partial charge in [0.25, 0.3) is 11.8 Å². The number of amidine groups is 1. The summed E-state index contributed by atoms with van der Waals surface area (Å²) in [7, 11) is 0. The lowest BCUT2D eigenvalue weighted by Crippen LogP contribution is -2.35. The molecule has 0 aliphatic heterocycles.